The molecule has 0 heterocycles. The number of benzene rings is 3. The minimum absolute atomic E-state index is 0.0589. The second-order valence-corrected chi connectivity index (χ2v) is 5.90. The standard InChI is InChI=1S/C21H18O4/c1-14(2)24-18-11-9-16(10-12-18)21(23)25-20-17(13-22)8-7-15-5-3-4-6-19(15)20/h3-14H,1-2H3. The molecule has 4 heteroatoms. The highest BCUT2D eigenvalue weighted by Crippen LogP contribution is 2.29. The third kappa shape index (κ3) is 3.69. The lowest BCUT2D eigenvalue weighted by Crippen LogP contribution is -2.11. The van der Waals surface area contributed by atoms with Gasteiger partial charge in [-0.15, -0.1) is 0 Å². The molecule has 0 aliphatic rings. The fourth-order valence-corrected chi connectivity index (χ4v) is 2.56. The smallest absolute Gasteiger partial charge is 0.343 e. The molecule has 0 saturated carbocycles. The van der Waals surface area contributed by atoms with Crippen LogP contribution >= 0.6 is 0 Å². The summed E-state index contributed by atoms with van der Waals surface area (Å²) in [7, 11) is 0. The molecule has 0 aliphatic heterocycles. The Morgan fingerprint density at radius 1 is 0.960 bits per heavy atom. The summed E-state index contributed by atoms with van der Waals surface area (Å²) < 4.78 is 11.1. The molecular formula is C21H18O4. The van der Waals surface area contributed by atoms with Gasteiger partial charge in [-0.05, 0) is 49.6 Å². The van der Waals surface area contributed by atoms with E-state index in [0.717, 1.165) is 10.8 Å². The predicted molar refractivity (Wildman–Crippen MR) is 96.5 cm³/mol. The third-order valence-corrected chi connectivity index (χ3v) is 3.69. The van der Waals surface area contributed by atoms with Crippen molar-refractivity contribution in [3.8, 4) is 11.5 Å². The molecule has 25 heavy (non-hydrogen) atoms. The van der Waals surface area contributed by atoms with Crippen LogP contribution in [0.2, 0.25) is 0 Å². The van der Waals surface area contributed by atoms with Gasteiger partial charge in [0.25, 0.3) is 0 Å². The lowest BCUT2D eigenvalue weighted by Gasteiger charge is -2.12. The summed E-state index contributed by atoms with van der Waals surface area (Å²) >= 11 is 0. The maximum atomic E-state index is 12.5. The van der Waals surface area contributed by atoms with E-state index in [4.69, 9.17) is 9.47 Å². The molecule has 0 amide bonds. The van der Waals surface area contributed by atoms with Gasteiger partial charge in [-0.2, -0.15) is 0 Å². The molecule has 126 valence electrons. The highest BCUT2D eigenvalue weighted by molar-refractivity contribution is 6.00. The second-order valence-electron chi connectivity index (χ2n) is 5.90. The van der Waals surface area contributed by atoms with Crippen molar-refractivity contribution in [3.63, 3.8) is 0 Å². The third-order valence-electron chi connectivity index (χ3n) is 3.69. The maximum Gasteiger partial charge on any atom is 0.343 e. The Hall–Kier alpha value is -3.14. The van der Waals surface area contributed by atoms with Crippen molar-refractivity contribution in [2.75, 3.05) is 0 Å². The van der Waals surface area contributed by atoms with Gasteiger partial charge in [0.15, 0.2) is 6.29 Å². The first kappa shape index (κ1) is 16.7. The molecule has 0 bridgehead atoms. The van der Waals surface area contributed by atoms with Gasteiger partial charge in [0.2, 0.25) is 0 Å². The Kier molecular flexibility index (Phi) is 4.80. The number of rotatable bonds is 5. The van der Waals surface area contributed by atoms with E-state index >= 15 is 0 Å². The summed E-state index contributed by atoms with van der Waals surface area (Å²) in [5.41, 5.74) is 0.729. The van der Waals surface area contributed by atoms with E-state index in [0.29, 0.717) is 23.2 Å². The Labute approximate surface area is 146 Å². The van der Waals surface area contributed by atoms with Crippen LogP contribution in [-0.4, -0.2) is 18.4 Å². The van der Waals surface area contributed by atoms with Gasteiger partial charge in [-0.1, -0.05) is 30.3 Å². The van der Waals surface area contributed by atoms with Crippen LogP contribution in [0.3, 0.4) is 0 Å². The van der Waals surface area contributed by atoms with Gasteiger partial charge < -0.3 is 9.47 Å². The maximum absolute atomic E-state index is 12.5. The normalized spacial score (nSPS) is 10.7. The quantitative estimate of drug-likeness (QED) is 0.387. The molecule has 0 saturated heterocycles. The molecule has 0 aromatic heterocycles. The van der Waals surface area contributed by atoms with Crippen molar-refractivity contribution >= 4 is 23.0 Å². The number of aldehydes is 1. The fourth-order valence-electron chi connectivity index (χ4n) is 2.56. The van der Waals surface area contributed by atoms with E-state index in [9.17, 15) is 9.59 Å². The predicted octanol–water partition coefficient (Wildman–Crippen LogP) is 4.66. The highest BCUT2D eigenvalue weighted by Gasteiger charge is 2.15. The average molecular weight is 334 g/mol. The van der Waals surface area contributed by atoms with Gasteiger partial charge in [-0.25, -0.2) is 4.79 Å². The topological polar surface area (TPSA) is 52.6 Å². The highest BCUT2D eigenvalue weighted by atomic mass is 16.5. The fraction of sp³-hybridized carbons (Fsp3) is 0.143. The Morgan fingerprint density at radius 3 is 2.36 bits per heavy atom. The van der Waals surface area contributed by atoms with Crippen molar-refractivity contribution in [2.45, 2.75) is 20.0 Å². The van der Waals surface area contributed by atoms with Crippen LogP contribution in [0.1, 0.15) is 34.6 Å². The van der Waals surface area contributed by atoms with Crippen molar-refractivity contribution in [1.82, 2.24) is 0 Å². The van der Waals surface area contributed by atoms with E-state index in [2.05, 4.69) is 0 Å². The van der Waals surface area contributed by atoms with Gasteiger partial charge in [0, 0.05) is 5.39 Å². The molecule has 3 aromatic carbocycles. The first-order chi connectivity index (χ1) is 12.1. The zero-order chi connectivity index (χ0) is 17.8. The van der Waals surface area contributed by atoms with Gasteiger partial charge >= 0.3 is 5.97 Å². The first-order valence-corrected chi connectivity index (χ1v) is 8.04. The lowest BCUT2D eigenvalue weighted by atomic mass is 10.1. The van der Waals surface area contributed by atoms with Crippen molar-refractivity contribution in [2.24, 2.45) is 0 Å². The lowest BCUT2D eigenvalue weighted by molar-refractivity contribution is 0.0736. The Balaban J connectivity index is 1.90. The van der Waals surface area contributed by atoms with Crippen LogP contribution in [0, 0.1) is 0 Å². The SMILES string of the molecule is CC(C)Oc1ccc(C(=O)Oc2c(C=O)ccc3ccccc23)cc1. The zero-order valence-corrected chi connectivity index (χ0v) is 14.1. The number of carbonyl (C=O) groups is 2. The summed E-state index contributed by atoms with van der Waals surface area (Å²) in [5, 5.41) is 1.62. The van der Waals surface area contributed by atoms with Crippen molar-refractivity contribution < 1.29 is 19.1 Å². The van der Waals surface area contributed by atoms with Crippen LogP contribution in [0.15, 0.2) is 60.7 Å². The first-order valence-electron chi connectivity index (χ1n) is 8.04. The zero-order valence-electron chi connectivity index (χ0n) is 14.1. The van der Waals surface area contributed by atoms with E-state index in [1.807, 2.05) is 44.2 Å². The number of fused-ring (bicyclic) bond motifs is 1. The molecule has 0 N–H and O–H groups in total. The van der Waals surface area contributed by atoms with Crippen LogP contribution in [-0.2, 0) is 0 Å². The average Bonchev–Trinajstić information content (AvgIpc) is 2.62. The van der Waals surface area contributed by atoms with E-state index in [1.54, 1.807) is 30.3 Å². The van der Waals surface area contributed by atoms with Crippen LogP contribution in [0.4, 0.5) is 0 Å². The number of esters is 1. The molecular weight excluding hydrogens is 316 g/mol. The molecule has 3 rings (SSSR count). The van der Waals surface area contributed by atoms with Crippen molar-refractivity contribution in [3.05, 3.63) is 71.8 Å². The molecule has 4 nitrogen and oxygen atoms in total. The van der Waals surface area contributed by atoms with Crippen LogP contribution in [0.25, 0.3) is 10.8 Å². The van der Waals surface area contributed by atoms with E-state index < -0.39 is 5.97 Å². The van der Waals surface area contributed by atoms with E-state index in [-0.39, 0.29) is 11.9 Å². The molecule has 0 radical (unpaired) electrons. The van der Waals surface area contributed by atoms with Crippen LogP contribution < -0.4 is 9.47 Å². The largest absolute Gasteiger partial charge is 0.491 e. The number of hydrogen-bond acceptors (Lipinski definition) is 4. The second kappa shape index (κ2) is 7.18. The summed E-state index contributed by atoms with van der Waals surface area (Å²) in [6, 6.07) is 17.7. The van der Waals surface area contributed by atoms with E-state index in [1.165, 1.54) is 0 Å². The Bertz CT molecular complexity index is 911. The minimum atomic E-state index is -0.518. The molecule has 0 aliphatic carbocycles. The number of carbonyl (C=O) groups excluding carboxylic acids is 2. The van der Waals surface area contributed by atoms with Gasteiger partial charge in [0.05, 0.1) is 17.2 Å². The Morgan fingerprint density at radius 2 is 1.68 bits per heavy atom. The van der Waals surface area contributed by atoms with Crippen LogP contribution in [0.5, 0.6) is 11.5 Å². The number of ether oxygens (including phenoxy) is 2. The van der Waals surface area contributed by atoms with Crippen molar-refractivity contribution in [1.29, 1.82) is 0 Å². The molecule has 0 fully saturated rings. The summed E-state index contributed by atoms with van der Waals surface area (Å²) in [4.78, 5) is 23.8. The minimum Gasteiger partial charge on any atom is -0.491 e. The summed E-state index contributed by atoms with van der Waals surface area (Å²) in [6.45, 7) is 3.87. The van der Waals surface area contributed by atoms with Gasteiger partial charge in [0.1, 0.15) is 11.5 Å². The number of hydrogen-bond donors (Lipinski definition) is 0. The molecule has 0 unspecified atom stereocenters. The molecule has 3 aromatic rings. The van der Waals surface area contributed by atoms with Gasteiger partial charge in [-0.3, -0.25) is 4.79 Å². The molecule has 0 atom stereocenters. The molecule has 0 spiro atoms. The monoisotopic (exact) mass is 334 g/mol. The summed E-state index contributed by atoms with van der Waals surface area (Å²) in [5.74, 6) is 0.446. The summed E-state index contributed by atoms with van der Waals surface area (Å²) in [6.07, 6.45) is 0.748.